The fourth-order valence-corrected chi connectivity index (χ4v) is 7.26. The lowest BCUT2D eigenvalue weighted by atomic mass is 9.78. The number of cyclic esters (lactones) is 1. The van der Waals surface area contributed by atoms with Crippen molar-refractivity contribution >= 4 is 29.4 Å². The van der Waals surface area contributed by atoms with Crippen LogP contribution in [0.25, 0.3) is 0 Å². The molecule has 0 fully saturated rings. The van der Waals surface area contributed by atoms with Crippen LogP contribution in [0.4, 0.5) is 0 Å². The van der Waals surface area contributed by atoms with E-state index in [0.29, 0.717) is 12.0 Å². The molecule has 0 saturated carbocycles. The number of nitrogens with one attached hydrogen (secondary N) is 1. The van der Waals surface area contributed by atoms with Crippen molar-refractivity contribution in [2.75, 3.05) is 7.11 Å². The highest BCUT2D eigenvalue weighted by Gasteiger charge is 2.37. The Morgan fingerprint density at radius 3 is 2.12 bits per heavy atom. The van der Waals surface area contributed by atoms with Crippen molar-refractivity contribution in [2.24, 2.45) is 35.5 Å². The van der Waals surface area contributed by atoms with Gasteiger partial charge in [0.15, 0.2) is 5.78 Å². The number of hydrogen-bond acceptors (Lipinski definition) is 11. The third kappa shape index (κ3) is 15.4. The second kappa shape index (κ2) is 23.9. The fourth-order valence-electron chi connectivity index (χ4n) is 7.26. The Morgan fingerprint density at radius 1 is 0.879 bits per heavy atom. The van der Waals surface area contributed by atoms with Gasteiger partial charge in [-0.25, -0.2) is 9.59 Å². The monoisotopic (exact) mass is 809 g/mol. The number of rotatable bonds is 6. The van der Waals surface area contributed by atoms with Crippen molar-refractivity contribution in [3.05, 3.63) is 82.9 Å². The molecule has 1 heterocycles. The van der Waals surface area contributed by atoms with Gasteiger partial charge in [0, 0.05) is 68.3 Å². The molecule has 0 aromatic carbocycles. The number of aliphatic hydroxyl groups is 3. The van der Waals surface area contributed by atoms with Gasteiger partial charge in [-0.15, -0.1) is 0 Å². The largest absolute Gasteiger partial charge is 0.510 e. The molecule has 10 atom stereocenters. The number of Topliss-reactive ketones (excluding diaryl/α,β-unsaturated/α-hetero) is 2. The van der Waals surface area contributed by atoms with Crippen LogP contribution in [0.3, 0.4) is 0 Å². The normalized spacial score (nSPS) is 34.7. The molecular weight excluding hydrogens is 743 g/mol. The maximum Gasteiger partial charge on any atom is 0.334 e. The number of aliphatic hydroxyl groups excluding tert-OH is 3. The summed E-state index contributed by atoms with van der Waals surface area (Å²) in [5, 5.41) is 35.0. The summed E-state index contributed by atoms with van der Waals surface area (Å²) in [5.74, 6) is -5.41. The Hall–Kier alpha value is -4.39. The van der Waals surface area contributed by atoms with Crippen LogP contribution in [0.1, 0.15) is 101 Å². The number of ether oxygens (including phenoxy) is 3. The molecule has 0 aromatic rings. The summed E-state index contributed by atoms with van der Waals surface area (Å²) in [7, 11) is 1.49. The smallest absolute Gasteiger partial charge is 0.334 e. The van der Waals surface area contributed by atoms with Crippen molar-refractivity contribution < 1.29 is 53.5 Å². The summed E-state index contributed by atoms with van der Waals surface area (Å²) in [6, 6.07) is 0. The summed E-state index contributed by atoms with van der Waals surface area (Å²) in [5.41, 5.74) is 1.98. The van der Waals surface area contributed by atoms with Gasteiger partial charge in [0.05, 0.1) is 24.2 Å². The average molecular weight is 810 g/mol. The Morgan fingerprint density at radius 2 is 1.52 bits per heavy atom. The molecule has 322 valence electrons. The Bertz CT molecular complexity index is 1680. The van der Waals surface area contributed by atoms with Crippen molar-refractivity contribution in [2.45, 2.75) is 132 Å². The lowest BCUT2D eigenvalue weighted by Crippen LogP contribution is -2.41. The van der Waals surface area contributed by atoms with Crippen molar-refractivity contribution in [1.29, 1.82) is 0 Å². The quantitative estimate of drug-likeness (QED) is 0.162. The van der Waals surface area contributed by atoms with Gasteiger partial charge in [0.25, 0.3) is 0 Å². The topological polar surface area (TPSA) is 186 Å². The summed E-state index contributed by atoms with van der Waals surface area (Å²) >= 11 is 0. The SMILES string of the molecule is CO[C@@H]1C[C@H](O)[C@@H](C)[C@H](O)[C@@H](C)C[C@@H](C)C(=O)C(C)[C@H](C(C)C)OC(=O)/C(C)=C/C=C/C(C)=C/C=C/C(C)=C\C[C@H](OC(=O)/C=C/C(=O)NC2=C(O)CCC2=O)[C@@H]1C. The van der Waals surface area contributed by atoms with Gasteiger partial charge < -0.3 is 34.8 Å². The average Bonchev–Trinajstić information content (AvgIpc) is 3.49. The van der Waals surface area contributed by atoms with E-state index in [4.69, 9.17) is 14.2 Å². The zero-order chi connectivity index (χ0) is 43.9. The van der Waals surface area contributed by atoms with Crippen LogP contribution in [0.2, 0.25) is 0 Å². The first-order valence-corrected chi connectivity index (χ1v) is 20.3. The number of carbonyl (C=O) groups excluding carboxylic acids is 5. The summed E-state index contributed by atoms with van der Waals surface area (Å²) in [6.07, 6.45) is 11.6. The third-order valence-corrected chi connectivity index (χ3v) is 11.2. The molecule has 1 aliphatic heterocycles. The van der Waals surface area contributed by atoms with E-state index in [0.717, 1.165) is 23.3 Å². The Labute approximate surface area is 344 Å². The highest BCUT2D eigenvalue weighted by Crippen LogP contribution is 2.31. The Kier molecular flexibility index (Phi) is 20.5. The molecule has 2 aliphatic rings. The minimum Gasteiger partial charge on any atom is -0.510 e. The number of methoxy groups -OCH3 is 1. The molecule has 1 amide bonds. The molecule has 0 spiro atoms. The zero-order valence-corrected chi connectivity index (χ0v) is 36.2. The van der Waals surface area contributed by atoms with Crippen LogP contribution in [0.5, 0.6) is 0 Å². The van der Waals surface area contributed by atoms with Gasteiger partial charge in [0.1, 0.15) is 29.4 Å². The molecule has 4 N–H and O–H groups in total. The maximum atomic E-state index is 13.7. The summed E-state index contributed by atoms with van der Waals surface area (Å²) in [6.45, 7) is 18.3. The molecule has 0 aromatic heterocycles. The second-order valence-corrected chi connectivity index (χ2v) is 16.4. The fraction of sp³-hybridized carbons (Fsp3) is 0.587. The standard InChI is InChI=1S/C46H67NO11/c1-26(2)45-34(10)44(54)31(7)24-30(6)43(53)32(8)37(50)25-39(56-11)33(9)38(57-41(52)23-22-40(51)47-42-35(48)19-20-36(42)49)21-18-28(4)15-12-14-27(3)16-13-17-29(5)46(55)58-45/h12-18,22-23,26,30-34,37-39,43,45,48,50,53H,19-21,24-25H2,1-11H3,(H,47,51)/b15-12+,16-13+,23-22+,27-14+,28-18-,29-17+/t30-,31+,32+,33-,34?,37-,38-,39+,43+,45-/m0/s1. The van der Waals surface area contributed by atoms with E-state index in [1.807, 2.05) is 71.9 Å². The first kappa shape index (κ1) is 49.8. The molecule has 12 heteroatoms. The highest BCUT2D eigenvalue weighted by molar-refractivity contribution is 6.04. The van der Waals surface area contributed by atoms with E-state index in [1.165, 1.54) is 7.11 Å². The maximum absolute atomic E-state index is 13.7. The molecule has 0 saturated heterocycles. The number of hydrogen-bond donors (Lipinski definition) is 4. The molecular formula is C46H67NO11. The lowest BCUT2D eigenvalue weighted by Gasteiger charge is -2.35. The van der Waals surface area contributed by atoms with Crippen LogP contribution in [-0.4, -0.2) is 82.4 Å². The minimum absolute atomic E-state index is 0.0789. The van der Waals surface area contributed by atoms with Gasteiger partial charge in [-0.3, -0.25) is 14.4 Å². The van der Waals surface area contributed by atoms with E-state index in [9.17, 15) is 39.3 Å². The van der Waals surface area contributed by atoms with Crippen LogP contribution in [0, 0.1) is 35.5 Å². The van der Waals surface area contributed by atoms with Gasteiger partial charge in [-0.2, -0.15) is 0 Å². The number of carbonyl (C=O) groups is 5. The van der Waals surface area contributed by atoms with E-state index < -0.39 is 77.8 Å². The van der Waals surface area contributed by atoms with E-state index in [-0.39, 0.29) is 54.8 Å². The van der Waals surface area contributed by atoms with Crippen LogP contribution in [-0.2, 0) is 38.2 Å². The van der Waals surface area contributed by atoms with Gasteiger partial charge >= 0.3 is 11.9 Å². The second-order valence-electron chi connectivity index (χ2n) is 16.4. The summed E-state index contributed by atoms with van der Waals surface area (Å²) in [4.78, 5) is 64.3. The first-order chi connectivity index (χ1) is 27.2. The van der Waals surface area contributed by atoms with Crippen molar-refractivity contribution in [3.63, 3.8) is 0 Å². The molecule has 1 aliphatic carbocycles. The minimum atomic E-state index is -1.03. The predicted octanol–water partition coefficient (Wildman–Crippen LogP) is 6.89. The number of allylic oxidation sites excluding steroid dienone is 10. The van der Waals surface area contributed by atoms with E-state index in [2.05, 4.69) is 5.32 Å². The van der Waals surface area contributed by atoms with Gasteiger partial charge in [0.2, 0.25) is 5.91 Å². The highest BCUT2D eigenvalue weighted by atomic mass is 16.6. The van der Waals surface area contributed by atoms with Gasteiger partial charge in [-0.1, -0.05) is 102 Å². The van der Waals surface area contributed by atoms with Crippen LogP contribution in [0.15, 0.2) is 82.9 Å². The lowest BCUT2D eigenvalue weighted by molar-refractivity contribution is -0.153. The third-order valence-electron chi connectivity index (χ3n) is 11.2. The molecule has 0 bridgehead atoms. The van der Waals surface area contributed by atoms with Crippen molar-refractivity contribution in [3.8, 4) is 0 Å². The molecule has 1 unspecified atom stereocenters. The van der Waals surface area contributed by atoms with Crippen molar-refractivity contribution in [1.82, 2.24) is 5.32 Å². The number of ketones is 2. The predicted molar refractivity (Wildman–Crippen MR) is 223 cm³/mol. The number of amides is 1. The first-order valence-electron chi connectivity index (χ1n) is 20.3. The Balaban J connectivity index is 2.46. The van der Waals surface area contributed by atoms with E-state index >= 15 is 0 Å². The summed E-state index contributed by atoms with van der Waals surface area (Å²) < 4.78 is 17.6. The van der Waals surface area contributed by atoms with Crippen LogP contribution >= 0.6 is 0 Å². The van der Waals surface area contributed by atoms with Gasteiger partial charge in [-0.05, 0) is 39.0 Å². The molecule has 2 rings (SSSR count). The van der Waals surface area contributed by atoms with Crippen LogP contribution < -0.4 is 5.32 Å². The molecule has 0 radical (unpaired) electrons. The van der Waals surface area contributed by atoms with E-state index in [1.54, 1.807) is 39.8 Å². The number of esters is 2. The molecule has 12 nitrogen and oxygen atoms in total. The molecule has 58 heavy (non-hydrogen) atoms. The zero-order valence-electron chi connectivity index (χ0n) is 36.2.